The van der Waals surface area contributed by atoms with Gasteiger partial charge >= 0.3 is 0 Å². The average molecular weight is 221 g/mol. The number of benzene rings is 1. The minimum Gasteiger partial charge on any atom is -0.394 e. The van der Waals surface area contributed by atoms with Crippen molar-refractivity contribution in [1.82, 2.24) is 0 Å². The first-order valence-corrected chi connectivity index (χ1v) is 6.06. The lowest BCUT2D eigenvalue weighted by molar-refractivity contribution is 0.272. The molecule has 0 aliphatic carbocycles. The zero-order valence-corrected chi connectivity index (χ0v) is 9.55. The third-order valence-corrected chi connectivity index (χ3v) is 3.52. The number of hydrogen-bond acceptors (Lipinski definition) is 3. The first-order valence-electron chi connectivity index (χ1n) is 5.18. The Hall–Kier alpha value is -1.06. The van der Waals surface area contributed by atoms with E-state index in [9.17, 15) is 0 Å². The summed E-state index contributed by atoms with van der Waals surface area (Å²) in [5.74, 6) is 0. The normalized spacial score (nSPS) is 12.9. The summed E-state index contributed by atoms with van der Waals surface area (Å²) >= 11 is 1.73. The molecule has 15 heavy (non-hydrogen) atoms. The smallest absolute Gasteiger partial charge is 0.0632 e. The second-order valence-electron chi connectivity index (χ2n) is 3.58. The molecule has 0 fully saturated rings. The van der Waals surface area contributed by atoms with E-state index in [1.54, 1.807) is 11.3 Å². The number of hydrogen-bond donors (Lipinski definition) is 2. The van der Waals surface area contributed by atoms with E-state index >= 15 is 0 Å². The molecule has 1 heterocycles. The predicted molar refractivity (Wildman–Crippen MR) is 66.6 cm³/mol. The van der Waals surface area contributed by atoms with Crippen molar-refractivity contribution in [2.75, 3.05) is 11.9 Å². The molecule has 0 amide bonds. The van der Waals surface area contributed by atoms with Gasteiger partial charge in [-0.25, -0.2) is 0 Å². The van der Waals surface area contributed by atoms with Crippen LogP contribution in [-0.4, -0.2) is 17.8 Å². The fourth-order valence-corrected chi connectivity index (χ4v) is 2.48. The lowest BCUT2D eigenvalue weighted by Crippen LogP contribution is -2.22. The van der Waals surface area contributed by atoms with E-state index in [1.165, 1.54) is 10.1 Å². The molecule has 3 heteroatoms. The van der Waals surface area contributed by atoms with Gasteiger partial charge in [0.1, 0.15) is 0 Å². The Morgan fingerprint density at radius 1 is 1.40 bits per heavy atom. The summed E-state index contributed by atoms with van der Waals surface area (Å²) in [6, 6.07) is 8.48. The third kappa shape index (κ3) is 2.13. The van der Waals surface area contributed by atoms with Crippen LogP contribution in [0.25, 0.3) is 10.1 Å². The third-order valence-electron chi connectivity index (χ3n) is 2.55. The molecule has 1 atom stereocenters. The van der Waals surface area contributed by atoms with Crippen LogP contribution in [0, 0.1) is 0 Å². The summed E-state index contributed by atoms with van der Waals surface area (Å²) in [4.78, 5) is 0. The molecule has 0 aliphatic heterocycles. The number of aliphatic hydroxyl groups is 1. The van der Waals surface area contributed by atoms with E-state index in [-0.39, 0.29) is 12.6 Å². The van der Waals surface area contributed by atoms with Crippen LogP contribution < -0.4 is 5.32 Å². The average Bonchev–Trinajstić information content (AvgIpc) is 2.74. The molecule has 2 rings (SSSR count). The highest BCUT2D eigenvalue weighted by Crippen LogP contribution is 2.29. The number of anilines is 1. The first-order chi connectivity index (χ1) is 7.35. The highest BCUT2D eigenvalue weighted by Gasteiger charge is 2.07. The van der Waals surface area contributed by atoms with Gasteiger partial charge in [0, 0.05) is 6.04 Å². The maximum absolute atomic E-state index is 9.15. The van der Waals surface area contributed by atoms with Crippen LogP contribution in [0.15, 0.2) is 29.6 Å². The maximum atomic E-state index is 9.15. The zero-order chi connectivity index (χ0) is 10.7. The van der Waals surface area contributed by atoms with E-state index < -0.39 is 0 Å². The fourth-order valence-electron chi connectivity index (χ4n) is 1.60. The molecular formula is C12H15NOS. The lowest BCUT2D eigenvalue weighted by Gasteiger charge is -2.15. The van der Waals surface area contributed by atoms with Gasteiger partial charge in [-0.15, -0.1) is 11.3 Å². The van der Waals surface area contributed by atoms with Crippen molar-refractivity contribution in [3.8, 4) is 0 Å². The number of aliphatic hydroxyl groups excluding tert-OH is 1. The molecule has 1 aromatic heterocycles. The number of thiophene rings is 1. The highest BCUT2D eigenvalue weighted by atomic mass is 32.1. The number of fused-ring (bicyclic) bond motifs is 1. The summed E-state index contributed by atoms with van der Waals surface area (Å²) in [5, 5.41) is 15.9. The van der Waals surface area contributed by atoms with Crippen molar-refractivity contribution in [3.05, 3.63) is 29.6 Å². The Labute approximate surface area is 93.6 Å². The van der Waals surface area contributed by atoms with E-state index in [0.717, 1.165) is 12.1 Å². The second-order valence-corrected chi connectivity index (χ2v) is 4.49. The van der Waals surface area contributed by atoms with Gasteiger partial charge < -0.3 is 10.4 Å². The van der Waals surface area contributed by atoms with E-state index in [0.29, 0.717) is 0 Å². The van der Waals surface area contributed by atoms with Crippen LogP contribution in [0.2, 0.25) is 0 Å². The quantitative estimate of drug-likeness (QED) is 0.831. The molecule has 0 saturated heterocycles. The van der Waals surface area contributed by atoms with Gasteiger partial charge in [-0.1, -0.05) is 19.1 Å². The Kier molecular flexibility index (Phi) is 3.23. The molecule has 0 saturated carbocycles. The number of rotatable bonds is 4. The van der Waals surface area contributed by atoms with E-state index in [4.69, 9.17) is 5.11 Å². The van der Waals surface area contributed by atoms with E-state index in [2.05, 4.69) is 35.8 Å². The van der Waals surface area contributed by atoms with Gasteiger partial charge in [-0.3, -0.25) is 0 Å². The molecule has 0 bridgehead atoms. The molecule has 2 aromatic rings. The monoisotopic (exact) mass is 221 g/mol. The van der Waals surface area contributed by atoms with Gasteiger partial charge in [0.25, 0.3) is 0 Å². The van der Waals surface area contributed by atoms with Crippen LogP contribution in [0.4, 0.5) is 5.69 Å². The number of nitrogens with one attached hydrogen (secondary N) is 1. The van der Waals surface area contributed by atoms with Crippen LogP contribution in [0.3, 0.4) is 0 Å². The largest absolute Gasteiger partial charge is 0.394 e. The summed E-state index contributed by atoms with van der Waals surface area (Å²) in [5.41, 5.74) is 1.13. The van der Waals surface area contributed by atoms with Crippen molar-refractivity contribution in [3.63, 3.8) is 0 Å². The predicted octanol–water partition coefficient (Wildman–Crippen LogP) is 3.08. The first kappa shape index (κ1) is 10.5. The van der Waals surface area contributed by atoms with Crippen molar-refractivity contribution in [1.29, 1.82) is 0 Å². The molecule has 0 unspecified atom stereocenters. The zero-order valence-electron chi connectivity index (χ0n) is 8.73. The van der Waals surface area contributed by atoms with Crippen LogP contribution in [0.1, 0.15) is 13.3 Å². The van der Waals surface area contributed by atoms with Crippen LogP contribution in [-0.2, 0) is 0 Å². The van der Waals surface area contributed by atoms with Gasteiger partial charge in [0.05, 0.1) is 17.0 Å². The van der Waals surface area contributed by atoms with Gasteiger partial charge in [0.2, 0.25) is 0 Å². The minimum absolute atomic E-state index is 0.151. The van der Waals surface area contributed by atoms with Crippen LogP contribution in [0.5, 0.6) is 0 Å². The summed E-state index contributed by atoms with van der Waals surface area (Å²) in [6.07, 6.45) is 0.929. The van der Waals surface area contributed by atoms with Gasteiger partial charge in [0.15, 0.2) is 0 Å². The van der Waals surface area contributed by atoms with Crippen LogP contribution >= 0.6 is 11.3 Å². The highest BCUT2D eigenvalue weighted by molar-refractivity contribution is 7.17. The van der Waals surface area contributed by atoms with Crippen molar-refractivity contribution < 1.29 is 5.11 Å². The SMILES string of the molecule is CC[C@@H](CO)Nc1cccc2ccsc12. The summed E-state index contributed by atoms with van der Waals surface area (Å²) in [6.45, 7) is 2.25. The Morgan fingerprint density at radius 3 is 3.00 bits per heavy atom. The van der Waals surface area contributed by atoms with E-state index in [1.807, 2.05) is 6.07 Å². The van der Waals surface area contributed by atoms with Crippen molar-refractivity contribution >= 4 is 27.1 Å². The van der Waals surface area contributed by atoms with Crippen molar-refractivity contribution in [2.45, 2.75) is 19.4 Å². The van der Waals surface area contributed by atoms with Crippen molar-refractivity contribution in [2.24, 2.45) is 0 Å². The van der Waals surface area contributed by atoms with Gasteiger partial charge in [-0.05, 0) is 29.3 Å². The summed E-state index contributed by atoms with van der Waals surface area (Å²) < 4.78 is 1.27. The molecule has 1 aromatic carbocycles. The molecule has 0 radical (unpaired) electrons. The second kappa shape index (κ2) is 4.64. The Morgan fingerprint density at radius 2 is 2.27 bits per heavy atom. The Balaban J connectivity index is 2.30. The Bertz CT molecular complexity index is 434. The topological polar surface area (TPSA) is 32.3 Å². The lowest BCUT2D eigenvalue weighted by atomic mass is 10.2. The molecule has 0 spiro atoms. The molecular weight excluding hydrogens is 206 g/mol. The molecule has 2 N–H and O–H groups in total. The van der Waals surface area contributed by atoms with Gasteiger partial charge in [-0.2, -0.15) is 0 Å². The summed E-state index contributed by atoms with van der Waals surface area (Å²) in [7, 11) is 0. The molecule has 0 aliphatic rings. The molecule has 2 nitrogen and oxygen atoms in total. The molecule has 80 valence electrons. The maximum Gasteiger partial charge on any atom is 0.0632 e. The standard InChI is InChI=1S/C12H15NOS/c1-2-10(8-14)13-11-5-3-4-9-6-7-15-12(9)11/h3-7,10,13-14H,2,8H2,1H3/t10-/m0/s1. The fraction of sp³-hybridized carbons (Fsp3) is 0.333. The minimum atomic E-state index is 0.151.